The number of anilines is 1. The third kappa shape index (κ3) is 2.05. The summed E-state index contributed by atoms with van der Waals surface area (Å²) < 4.78 is 0. The van der Waals surface area contributed by atoms with Crippen molar-refractivity contribution in [3.63, 3.8) is 0 Å². The number of H-pyrrole nitrogens is 1. The molecule has 0 bridgehead atoms. The molecule has 0 spiro atoms. The Hall–Kier alpha value is -1.84. The van der Waals surface area contributed by atoms with Gasteiger partial charge in [-0.3, -0.25) is 0 Å². The number of nitrogens with one attached hydrogen (secondary N) is 2. The van der Waals surface area contributed by atoms with Crippen LogP contribution in [0.1, 0.15) is 5.69 Å². The van der Waals surface area contributed by atoms with Crippen molar-refractivity contribution in [1.82, 2.24) is 15.0 Å². The van der Waals surface area contributed by atoms with Crippen LogP contribution in [0.4, 0.5) is 5.82 Å². The Morgan fingerprint density at radius 2 is 2.38 bits per heavy atom. The van der Waals surface area contributed by atoms with E-state index in [9.17, 15) is 0 Å². The van der Waals surface area contributed by atoms with Crippen LogP contribution in [0, 0.1) is 0 Å². The second-order valence-electron chi connectivity index (χ2n) is 2.65. The van der Waals surface area contributed by atoms with Gasteiger partial charge in [-0.25, -0.2) is 9.97 Å². The van der Waals surface area contributed by atoms with Crippen LogP contribution in [0.2, 0.25) is 0 Å². The molecule has 4 heteroatoms. The summed E-state index contributed by atoms with van der Waals surface area (Å²) in [6, 6.07) is 5.76. The molecule has 2 N–H and O–H groups in total. The Morgan fingerprint density at radius 1 is 1.38 bits per heavy atom. The van der Waals surface area contributed by atoms with Gasteiger partial charge in [0.25, 0.3) is 0 Å². The molecule has 66 valence electrons. The Kier molecular flexibility index (Phi) is 2.22. The number of aromatic amines is 1. The summed E-state index contributed by atoms with van der Waals surface area (Å²) >= 11 is 0. The molecule has 0 aliphatic heterocycles. The molecule has 2 aromatic heterocycles. The minimum Gasteiger partial charge on any atom is -0.364 e. The van der Waals surface area contributed by atoms with Gasteiger partial charge in [0.2, 0.25) is 0 Å². The maximum absolute atomic E-state index is 4.13. The second kappa shape index (κ2) is 3.71. The lowest BCUT2D eigenvalue weighted by atomic mass is 10.4. The summed E-state index contributed by atoms with van der Waals surface area (Å²) in [4.78, 5) is 11.1. The van der Waals surface area contributed by atoms with Crippen LogP contribution in [0.25, 0.3) is 0 Å². The number of pyridine rings is 1. The topological polar surface area (TPSA) is 53.6 Å². The second-order valence-corrected chi connectivity index (χ2v) is 2.65. The average Bonchev–Trinajstić information content (AvgIpc) is 2.69. The molecule has 0 unspecified atom stereocenters. The monoisotopic (exact) mass is 174 g/mol. The number of aromatic nitrogens is 3. The first-order valence-corrected chi connectivity index (χ1v) is 4.07. The van der Waals surface area contributed by atoms with Crippen LogP contribution < -0.4 is 5.32 Å². The molecule has 0 saturated carbocycles. The molecule has 13 heavy (non-hydrogen) atoms. The lowest BCUT2D eigenvalue weighted by molar-refractivity contribution is 1.05. The highest BCUT2D eigenvalue weighted by Gasteiger charge is 1.93. The van der Waals surface area contributed by atoms with Crippen LogP contribution in [0.5, 0.6) is 0 Å². The van der Waals surface area contributed by atoms with Gasteiger partial charge in [0.15, 0.2) is 0 Å². The van der Waals surface area contributed by atoms with Crippen molar-refractivity contribution in [2.24, 2.45) is 0 Å². The minimum atomic E-state index is 0.719. The quantitative estimate of drug-likeness (QED) is 0.739. The normalized spacial score (nSPS) is 9.85. The maximum atomic E-state index is 4.13. The van der Waals surface area contributed by atoms with E-state index in [-0.39, 0.29) is 0 Å². The first-order chi connectivity index (χ1) is 6.45. The molecule has 2 heterocycles. The van der Waals surface area contributed by atoms with E-state index < -0.39 is 0 Å². The summed E-state index contributed by atoms with van der Waals surface area (Å²) in [5, 5.41) is 3.16. The maximum Gasteiger partial charge on any atom is 0.126 e. The van der Waals surface area contributed by atoms with Crippen molar-refractivity contribution < 1.29 is 0 Å². The van der Waals surface area contributed by atoms with E-state index in [1.807, 2.05) is 18.2 Å². The Bertz CT molecular complexity index is 341. The number of rotatable bonds is 3. The van der Waals surface area contributed by atoms with Gasteiger partial charge in [0.05, 0.1) is 18.6 Å². The van der Waals surface area contributed by atoms with Gasteiger partial charge in [0.1, 0.15) is 5.82 Å². The number of nitrogens with zero attached hydrogens (tertiary/aromatic N) is 2. The van der Waals surface area contributed by atoms with Gasteiger partial charge in [-0.15, -0.1) is 0 Å². The van der Waals surface area contributed by atoms with Crippen molar-refractivity contribution in [3.05, 3.63) is 42.6 Å². The molecule has 0 aliphatic rings. The lowest BCUT2D eigenvalue weighted by Crippen LogP contribution is -2.00. The Balaban J connectivity index is 1.94. The number of imidazole rings is 1. The van der Waals surface area contributed by atoms with Gasteiger partial charge in [0, 0.05) is 12.4 Å². The molecule has 0 aliphatic carbocycles. The first kappa shape index (κ1) is 7.79. The SMILES string of the molecule is c1ccc(NCc2cnc[nH]2)nc1. The van der Waals surface area contributed by atoms with E-state index in [1.54, 1.807) is 18.7 Å². The highest BCUT2D eigenvalue weighted by molar-refractivity contribution is 5.33. The van der Waals surface area contributed by atoms with E-state index in [1.165, 1.54) is 0 Å². The lowest BCUT2D eigenvalue weighted by Gasteiger charge is -2.01. The molecule has 0 saturated heterocycles. The third-order valence-electron chi connectivity index (χ3n) is 1.68. The molecule has 2 aromatic rings. The number of hydrogen-bond acceptors (Lipinski definition) is 3. The summed E-state index contributed by atoms with van der Waals surface area (Å²) in [5.41, 5.74) is 1.05. The fourth-order valence-electron chi connectivity index (χ4n) is 1.03. The zero-order valence-corrected chi connectivity index (χ0v) is 7.07. The zero-order valence-electron chi connectivity index (χ0n) is 7.07. The molecule has 0 fully saturated rings. The molecular weight excluding hydrogens is 164 g/mol. The van der Waals surface area contributed by atoms with E-state index in [0.29, 0.717) is 0 Å². The van der Waals surface area contributed by atoms with Gasteiger partial charge in [-0.2, -0.15) is 0 Å². The molecule has 4 nitrogen and oxygen atoms in total. The first-order valence-electron chi connectivity index (χ1n) is 4.07. The predicted octanol–water partition coefficient (Wildman–Crippen LogP) is 1.42. The highest BCUT2D eigenvalue weighted by atomic mass is 15.0. The third-order valence-corrected chi connectivity index (χ3v) is 1.68. The van der Waals surface area contributed by atoms with Crippen LogP contribution in [-0.2, 0) is 6.54 Å². The fraction of sp³-hybridized carbons (Fsp3) is 0.111. The smallest absolute Gasteiger partial charge is 0.126 e. The molecule has 0 aromatic carbocycles. The van der Waals surface area contributed by atoms with Crippen LogP contribution >= 0.6 is 0 Å². The minimum absolute atomic E-state index is 0.719. The van der Waals surface area contributed by atoms with Crippen molar-refractivity contribution in [2.45, 2.75) is 6.54 Å². The van der Waals surface area contributed by atoms with E-state index in [2.05, 4.69) is 20.3 Å². The summed E-state index contributed by atoms with van der Waals surface area (Å²) in [6.07, 6.45) is 5.21. The van der Waals surface area contributed by atoms with Crippen LogP contribution in [0.3, 0.4) is 0 Å². The predicted molar refractivity (Wildman–Crippen MR) is 50.2 cm³/mol. The summed E-state index contributed by atoms with van der Waals surface area (Å²) in [5.74, 6) is 0.872. The van der Waals surface area contributed by atoms with E-state index in [4.69, 9.17) is 0 Å². The van der Waals surface area contributed by atoms with Gasteiger partial charge in [-0.1, -0.05) is 6.07 Å². The Labute approximate surface area is 76.1 Å². The van der Waals surface area contributed by atoms with Crippen LogP contribution in [-0.4, -0.2) is 15.0 Å². The summed E-state index contributed by atoms with van der Waals surface area (Å²) in [7, 11) is 0. The van der Waals surface area contributed by atoms with E-state index >= 15 is 0 Å². The summed E-state index contributed by atoms with van der Waals surface area (Å²) in [6.45, 7) is 0.719. The fourth-order valence-corrected chi connectivity index (χ4v) is 1.03. The van der Waals surface area contributed by atoms with Crippen molar-refractivity contribution in [2.75, 3.05) is 5.32 Å². The number of hydrogen-bond donors (Lipinski definition) is 2. The van der Waals surface area contributed by atoms with Gasteiger partial charge < -0.3 is 10.3 Å². The Morgan fingerprint density at radius 3 is 3.08 bits per heavy atom. The molecule has 0 atom stereocenters. The van der Waals surface area contributed by atoms with Crippen molar-refractivity contribution >= 4 is 5.82 Å². The molecule has 2 rings (SSSR count). The van der Waals surface area contributed by atoms with E-state index in [0.717, 1.165) is 18.1 Å². The standard InChI is InChI=1S/C9H10N4/c1-2-4-11-9(3-1)12-6-8-5-10-7-13-8/h1-5,7H,6H2,(H,10,13)(H,11,12). The average molecular weight is 174 g/mol. The van der Waals surface area contributed by atoms with Crippen molar-refractivity contribution in [1.29, 1.82) is 0 Å². The molecule has 0 amide bonds. The largest absolute Gasteiger partial charge is 0.364 e. The van der Waals surface area contributed by atoms with Crippen LogP contribution in [0.15, 0.2) is 36.9 Å². The molecular formula is C9H10N4. The zero-order chi connectivity index (χ0) is 8.93. The van der Waals surface area contributed by atoms with Gasteiger partial charge >= 0.3 is 0 Å². The molecule has 0 radical (unpaired) electrons. The van der Waals surface area contributed by atoms with Gasteiger partial charge in [-0.05, 0) is 12.1 Å². The highest BCUT2D eigenvalue weighted by Crippen LogP contribution is 2.01. The van der Waals surface area contributed by atoms with Crippen molar-refractivity contribution in [3.8, 4) is 0 Å².